The van der Waals surface area contributed by atoms with Gasteiger partial charge in [-0.3, -0.25) is 10.0 Å². The van der Waals surface area contributed by atoms with Gasteiger partial charge in [-0.15, -0.1) is 0 Å². The molecule has 2 heterocycles. The fourth-order valence-electron chi connectivity index (χ4n) is 3.86. The van der Waals surface area contributed by atoms with Gasteiger partial charge in [0, 0.05) is 34.5 Å². The minimum Gasteiger partial charge on any atom is -0.361 e. The third-order valence-electron chi connectivity index (χ3n) is 5.79. The molecule has 2 amide bonds. The number of carbonyl (C=O) groups is 1. The SMILES string of the molecule is CC.CC(C)c1cc(NC(=O)Nc2ccc3[nH]ccc3c2)n(-c2ccc(S(=O)(=O)Nc3ccccc3)cc2)n1. The molecule has 0 aliphatic carbocycles. The lowest BCUT2D eigenvalue weighted by Crippen LogP contribution is -2.21. The van der Waals surface area contributed by atoms with E-state index in [2.05, 4.69) is 25.4 Å². The zero-order chi connectivity index (χ0) is 28.0. The zero-order valence-corrected chi connectivity index (χ0v) is 23.1. The summed E-state index contributed by atoms with van der Waals surface area (Å²) in [6, 6.07) is 23.9. The Labute approximate surface area is 228 Å². The van der Waals surface area contributed by atoms with Crippen LogP contribution in [-0.2, 0) is 10.0 Å². The minimum atomic E-state index is -3.76. The standard InChI is InChI=1S/C27H26N6O3S.C2H6/c1-18(2)25-17-26(30-27(34)29-21-8-13-24-19(16-21)14-15-28-24)33(31-25)22-9-11-23(12-10-22)37(35,36)32-20-6-4-3-5-7-20;1-2/h3-18,28,32H,1-2H3,(H2,29,30,34);1-2H3. The van der Waals surface area contributed by atoms with E-state index >= 15 is 0 Å². The number of amides is 2. The van der Waals surface area contributed by atoms with Crippen LogP contribution >= 0.6 is 0 Å². The van der Waals surface area contributed by atoms with Crippen LogP contribution in [0.25, 0.3) is 16.6 Å². The van der Waals surface area contributed by atoms with Gasteiger partial charge < -0.3 is 10.3 Å². The van der Waals surface area contributed by atoms with Gasteiger partial charge in [0.25, 0.3) is 10.0 Å². The van der Waals surface area contributed by atoms with Crippen molar-refractivity contribution < 1.29 is 13.2 Å². The van der Waals surface area contributed by atoms with Crippen molar-refractivity contribution >= 4 is 44.1 Å². The van der Waals surface area contributed by atoms with Gasteiger partial charge in [-0.2, -0.15) is 5.10 Å². The Hall–Kier alpha value is -4.57. The number of benzene rings is 3. The van der Waals surface area contributed by atoms with Gasteiger partial charge in [-0.25, -0.2) is 17.9 Å². The highest BCUT2D eigenvalue weighted by molar-refractivity contribution is 7.92. The monoisotopic (exact) mass is 544 g/mol. The number of hydrogen-bond acceptors (Lipinski definition) is 4. The fraction of sp³-hybridized carbons (Fsp3) is 0.172. The van der Waals surface area contributed by atoms with Gasteiger partial charge in [0.2, 0.25) is 0 Å². The summed E-state index contributed by atoms with van der Waals surface area (Å²) in [6.45, 7) is 8.01. The van der Waals surface area contributed by atoms with Crippen molar-refractivity contribution in [2.75, 3.05) is 15.4 Å². The van der Waals surface area contributed by atoms with Crippen LogP contribution in [0.2, 0.25) is 0 Å². The molecule has 202 valence electrons. The van der Waals surface area contributed by atoms with Crippen LogP contribution in [0, 0.1) is 0 Å². The fourth-order valence-corrected chi connectivity index (χ4v) is 4.92. The number of anilines is 3. The van der Waals surface area contributed by atoms with E-state index in [-0.39, 0.29) is 10.8 Å². The first-order chi connectivity index (χ1) is 18.8. The molecule has 0 radical (unpaired) electrons. The second-order valence-electron chi connectivity index (χ2n) is 8.85. The molecule has 0 unspecified atom stereocenters. The molecule has 4 N–H and O–H groups in total. The van der Waals surface area contributed by atoms with Gasteiger partial charge in [0.05, 0.1) is 16.3 Å². The highest BCUT2D eigenvalue weighted by atomic mass is 32.2. The number of para-hydroxylation sites is 1. The Morgan fingerprint density at radius 3 is 2.28 bits per heavy atom. The molecule has 0 saturated heterocycles. The molecule has 0 bridgehead atoms. The summed E-state index contributed by atoms with van der Waals surface area (Å²) >= 11 is 0. The number of sulfonamides is 1. The van der Waals surface area contributed by atoms with Crippen LogP contribution in [0.4, 0.5) is 22.0 Å². The number of rotatable bonds is 7. The molecule has 10 heteroatoms. The van der Waals surface area contributed by atoms with E-state index in [1.807, 2.05) is 64.2 Å². The van der Waals surface area contributed by atoms with Crippen molar-refractivity contribution in [3.63, 3.8) is 0 Å². The molecule has 5 aromatic rings. The van der Waals surface area contributed by atoms with Gasteiger partial charge in [-0.05, 0) is 66.6 Å². The molecular formula is C29H32N6O3S. The number of urea groups is 1. The van der Waals surface area contributed by atoms with E-state index in [1.165, 1.54) is 12.1 Å². The molecule has 2 aromatic heterocycles. The maximum Gasteiger partial charge on any atom is 0.324 e. The number of aromatic nitrogens is 3. The number of hydrogen-bond donors (Lipinski definition) is 4. The van der Waals surface area contributed by atoms with Gasteiger partial charge in [0.1, 0.15) is 5.82 Å². The molecule has 9 nitrogen and oxygen atoms in total. The summed E-state index contributed by atoms with van der Waals surface area (Å²) in [4.78, 5) is 16.1. The third kappa shape index (κ3) is 6.47. The average molecular weight is 545 g/mol. The maximum absolute atomic E-state index is 12.8. The number of fused-ring (bicyclic) bond motifs is 1. The number of nitrogens with zero attached hydrogens (tertiary/aromatic N) is 2. The van der Waals surface area contributed by atoms with E-state index < -0.39 is 16.1 Å². The van der Waals surface area contributed by atoms with E-state index in [9.17, 15) is 13.2 Å². The van der Waals surface area contributed by atoms with E-state index in [1.54, 1.807) is 47.1 Å². The average Bonchev–Trinajstić information content (AvgIpc) is 3.57. The van der Waals surface area contributed by atoms with Crippen LogP contribution in [0.5, 0.6) is 0 Å². The minimum absolute atomic E-state index is 0.115. The Kier molecular flexibility index (Phi) is 8.36. The topological polar surface area (TPSA) is 121 Å². The summed E-state index contributed by atoms with van der Waals surface area (Å²) in [5, 5.41) is 11.3. The molecule has 5 rings (SSSR count). The molecular weight excluding hydrogens is 512 g/mol. The molecule has 0 atom stereocenters. The predicted molar refractivity (Wildman–Crippen MR) is 157 cm³/mol. The largest absolute Gasteiger partial charge is 0.361 e. The van der Waals surface area contributed by atoms with E-state index in [4.69, 9.17) is 0 Å². The Morgan fingerprint density at radius 1 is 0.872 bits per heavy atom. The first kappa shape index (κ1) is 27.5. The molecule has 0 aliphatic rings. The van der Waals surface area contributed by atoms with E-state index in [0.29, 0.717) is 22.9 Å². The lowest BCUT2D eigenvalue weighted by atomic mass is 10.1. The summed E-state index contributed by atoms with van der Waals surface area (Å²) in [5.41, 5.74) is 3.50. The van der Waals surface area contributed by atoms with Crippen molar-refractivity contribution in [2.45, 2.75) is 38.5 Å². The van der Waals surface area contributed by atoms with Crippen molar-refractivity contribution in [1.82, 2.24) is 14.8 Å². The van der Waals surface area contributed by atoms with Crippen LogP contribution in [0.3, 0.4) is 0 Å². The Balaban J connectivity index is 0.00000172. The van der Waals surface area contributed by atoms with E-state index in [0.717, 1.165) is 16.6 Å². The van der Waals surface area contributed by atoms with Crippen LogP contribution < -0.4 is 15.4 Å². The van der Waals surface area contributed by atoms with Gasteiger partial charge >= 0.3 is 6.03 Å². The second kappa shape index (κ2) is 11.9. The van der Waals surface area contributed by atoms with Gasteiger partial charge in [0.15, 0.2) is 0 Å². The van der Waals surface area contributed by atoms with Crippen molar-refractivity contribution in [3.05, 3.63) is 96.8 Å². The summed E-state index contributed by atoms with van der Waals surface area (Å²) < 4.78 is 29.7. The number of nitrogens with one attached hydrogen (secondary N) is 4. The predicted octanol–water partition coefficient (Wildman–Crippen LogP) is 6.95. The molecule has 0 saturated carbocycles. The first-order valence-corrected chi connectivity index (χ1v) is 14.2. The molecule has 0 fully saturated rings. The smallest absolute Gasteiger partial charge is 0.324 e. The second-order valence-corrected chi connectivity index (χ2v) is 10.5. The molecule has 0 aliphatic heterocycles. The number of H-pyrrole nitrogens is 1. The van der Waals surface area contributed by atoms with Crippen molar-refractivity contribution in [2.24, 2.45) is 0 Å². The Bertz CT molecular complexity index is 1660. The van der Waals surface area contributed by atoms with Crippen LogP contribution in [0.1, 0.15) is 39.3 Å². The summed E-state index contributed by atoms with van der Waals surface area (Å²) in [7, 11) is -3.76. The molecule has 39 heavy (non-hydrogen) atoms. The molecule has 0 spiro atoms. The number of aromatic amines is 1. The maximum atomic E-state index is 12.8. The summed E-state index contributed by atoms with van der Waals surface area (Å²) in [5.74, 6) is 0.581. The third-order valence-corrected chi connectivity index (χ3v) is 7.19. The quantitative estimate of drug-likeness (QED) is 0.177. The highest BCUT2D eigenvalue weighted by Gasteiger charge is 2.17. The Morgan fingerprint density at radius 2 is 1.59 bits per heavy atom. The molecule has 3 aromatic carbocycles. The zero-order valence-electron chi connectivity index (χ0n) is 22.3. The van der Waals surface area contributed by atoms with Gasteiger partial charge in [-0.1, -0.05) is 45.9 Å². The van der Waals surface area contributed by atoms with Crippen LogP contribution in [-0.4, -0.2) is 29.2 Å². The first-order valence-electron chi connectivity index (χ1n) is 12.7. The summed E-state index contributed by atoms with van der Waals surface area (Å²) in [6.07, 6.45) is 1.84. The normalized spacial score (nSPS) is 11.1. The lowest BCUT2D eigenvalue weighted by molar-refractivity contribution is 0.262. The number of carbonyl (C=O) groups excluding carboxylic acids is 1. The van der Waals surface area contributed by atoms with Crippen molar-refractivity contribution in [1.29, 1.82) is 0 Å². The van der Waals surface area contributed by atoms with Crippen molar-refractivity contribution in [3.8, 4) is 5.69 Å². The highest BCUT2D eigenvalue weighted by Crippen LogP contribution is 2.25. The van der Waals surface area contributed by atoms with Crippen LogP contribution in [0.15, 0.2) is 96.0 Å². The lowest BCUT2D eigenvalue weighted by Gasteiger charge is -2.12.